The standard InChI is InChI=1S/C20H33N/c1-5-9-17(4)14-20(15-21-16(2)3)13-8-11-18-10-6-7-12-19(18)20/h6-7,10,12,16-17,21H,5,8-9,11,13-15H2,1-4H3. The minimum absolute atomic E-state index is 0.355. The lowest BCUT2D eigenvalue weighted by atomic mass is 9.65. The Morgan fingerprint density at radius 3 is 2.67 bits per heavy atom. The summed E-state index contributed by atoms with van der Waals surface area (Å²) in [5.41, 5.74) is 3.58. The summed E-state index contributed by atoms with van der Waals surface area (Å²) in [5.74, 6) is 0.815. The number of fused-ring (bicyclic) bond motifs is 1. The van der Waals surface area contributed by atoms with Crippen LogP contribution >= 0.6 is 0 Å². The molecule has 1 aliphatic rings. The van der Waals surface area contributed by atoms with Gasteiger partial charge in [0, 0.05) is 18.0 Å². The fourth-order valence-corrected chi connectivity index (χ4v) is 4.14. The summed E-state index contributed by atoms with van der Waals surface area (Å²) in [4.78, 5) is 0. The Labute approximate surface area is 131 Å². The van der Waals surface area contributed by atoms with Crippen molar-refractivity contribution in [3.8, 4) is 0 Å². The van der Waals surface area contributed by atoms with Gasteiger partial charge in [-0.3, -0.25) is 0 Å². The fourth-order valence-electron chi connectivity index (χ4n) is 4.14. The predicted molar refractivity (Wildman–Crippen MR) is 92.9 cm³/mol. The van der Waals surface area contributed by atoms with E-state index in [9.17, 15) is 0 Å². The van der Waals surface area contributed by atoms with Gasteiger partial charge in [-0.15, -0.1) is 0 Å². The quantitative estimate of drug-likeness (QED) is 0.737. The normalized spacial score (nSPS) is 23.1. The molecule has 0 radical (unpaired) electrons. The van der Waals surface area contributed by atoms with Crippen LogP contribution in [0.2, 0.25) is 0 Å². The van der Waals surface area contributed by atoms with Gasteiger partial charge in [-0.25, -0.2) is 0 Å². The van der Waals surface area contributed by atoms with E-state index in [1.165, 1.54) is 38.5 Å². The van der Waals surface area contributed by atoms with Gasteiger partial charge in [-0.05, 0) is 42.7 Å². The van der Waals surface area contributed by atoms with Crippen molar-refractivity contribution in [2.75, 3.05) is 6.54 Å². The third kappa shape index (κ3) is 4.10. The van der Waals surface area contributed by atoms with Crippen LogP contribution in [0.4, 0.5) is 0 Å². The molecule has 1 aromatic carbocycles. The van der Waals surface area contributed by atoms with E-state index < -0.39 is 0 Å². The highest BCUT2D eigenvalue weighted by molar-refractivity contribution is 5.37. The lowest BCUT2D eigenvalue weighted by molar-refractivity contribution is 0.259. The van der Waals surface area contributed by atoms with Gasteiger partial charge < -0.3 is 5.32 Å². The summed E-state index contributed by atoms with van der Waals surface area (Å²) in [5, 5.41) is 3.74. The number of nitrogens with one attached hydrogen (secondary N) is 1. The van der Waals surface area contributed by atoms with Crippen molar-refractivity contribution in [1.82, 2.24) is 5.32 Å². The van der Waals surface area contributed by atoms with Crippen molar-refractivity contribution < 1.29 is 0 Å². The molecular formula is C20H33N. The molecule has 1 N–H and O–H groups in total. The molecular weight excluding hydrogens is 254 g/mol. The van der Waals surface area contributed by atoms with Crippen LogP contribution in [-0.4, -0.2) is 12.6 Å². The number of aryl methyl sites for hydroxylation is 1. The summed E-state index contributed by atoms with van der Waals surface area (Å²) in [6, 6.07) is 9.76. The number of benzene rings is 1. The average Bonchev–Trinajstić information content (AvgIpc) is 2.46. The van der Waals surface area contributed by atoms with Crippen LogP contribution in [0.3, 0.4) is 0 Å². The van der Waals surface area contributed by atoms with Gasteiger partial charge in [-0.2, -0.15) is 0 Å². The van der Waals surface area contributed by atoms with Gasteiger partial charge in [0.2, 0.25) is 0 Å². The lowest BCUT2D eigenvalue weighted by Crippen LogP contribution is -2.44. The highest BCUT2D eigenvalue weighted by atomic mass is 14.9. The molecule has 0 saturated carbocycles. The molecule has 1 heteroatoms. The highest BCUT2D eigenvalue weighted by Gasteiger charge is 2.37. The largest absolute Gasteiger partial charge is 0.314 e. The molecule has 0 fully saturated rings. The highest BCUT2D eigenvalue weighted by Crippen LogP contribution is 2.42. The molecule has 1 aromatic rings. The van der Waals surface area contributed by atoms with Gasteiger partial charge in [0.05, 0.1) is 0 Å². The number of hydrogen-bond donors (Lipinski definition) is 1. The molecule has 2 rings (SSSR count). The topological polar surface area (TPSA) is 12.0 Å². The molecule has 1 aliphatic carbocycles. The van der Waals surface area contributed by atoms with E-state index in [1.54, 1.807) is 11.1 Å². The maximum Gasteiger partial charge on any atom is 0.00832 e. The van der Waals surface area contributed by atoms with Crippen LogP contribution < -0.4 is 5.32 Å². The Morgan fingerprint density at radius 2 is 1.95 bits per heavy atom. The molecule has 0 spiro atoms. The van der Waals surface area contributed by atoms with Gasteiger partial charge in [0.25, 0.3) is 0 Å². The van der Waals surface area contributed by atoms with Crippen LogP contribution in [0.25, 0.3) is 0 Å². The minimum atomic E-state index is 0.355. The van der Waals surface area contributed by atoms with Crippen LogP contribution in [-0.2, 0) is 11.8 Å². The Morgan fingerprint density at radius 1 is 1.19 bits per heavy atom. The maximum atomic E-state index is 3.74. The van der Waals surface area contributed by atoms with Crippen molar-refractivity contribution in [1.29, 1.82) is 0 Å². The van der Waals surface area contributed by atoms with Crippen LogP contribution in [0.5, 0.6) is 0 Å². The Balaban J connectivity index is 2.28. The first-order chi connectivity index (χ1) is 10.1. The third-order valence-electron chi connectivity index (χ3n) is 5.06. The first-order valence-electron chi connectivity index (χ1n) is 8.89. The van der Waals surface area contributed by atoms with Crippen molar-refractivity contribution in [2.24, 2.45) is 5.92 Å². The van der Waals surface area contributed by atoms with E-state index in [2.05, 4.69) is 57.3 Å². The van der Waals surface area contributed by atoms with E-state index in [0.717, 1.165) is 12.5 Å². The molecule has 0 aromatic heterocycles. The zero-order valence-electron chi connectivity index (χ0n) is 14.4. The van der Waals surface area contributed by atoms with Crippen molar-refractivity contribution in [2.45, 2.75) is 77.7 Å². The second-order valence-corrected chi connectivity index (χ2v) is 7.42. The number of rotatable bonds is 7. The second kappa shape index (κ2) is 7.45. The van der Waals surface area contributed by atoms with Crippen molar-refractivity contribution in [3.05, 3.63) is 35.4 Å². The second-order valence-electron chi connectivity index (χ2n) is 7.42. The van der Waals surface area contributed by atoms with Crippen LogP contribution in [0.1, 0.15) is 70.9 Å². The Hall–Kier alpha value is -0.820. The van der Waals surface area contributed by atoms with E-state index in [0.29, 0.717) is 11.5 Å². The fraction of sp³-hybridized carbons (Fsp3) is 0.700. The maximum absolute atomic E-state index is 3.74. The van der Waals surface area contributed by atoms with Crippen molar-refractivity contribution >= 4 is 0 Å². The van der Waals surface area contributed by atoms with Gasteiger partial charge in [0.1, 0.15) is 0 Å². The first-order valence-corrected chi connectivity index (χ1v) is 8.89. The molecule has 118 valence electrons. The van der Waals surface area contributed by atoms with Crippen molar-refractivity contribution in [3.63, 3.8) is 0 Å². The molecule has 21 heavy (non-hydrogen) atoms. The molecule has 2 unspecified atom stereocenters. The number of hydrogen-bond acceptors (Lipinski definition) is 1. The van der Waals surface area contributed by atoms with Gasteiger partial charge in [0.15, 0.2) is 0 Å². The van der Waals surface area contributed by atoms with E-state index in [4.69, 9.17) is 0 Å². The summed E-state index contributed by atoms with van der Waals surface area (Å²) in [6.07, 6.45) is 7.94. The summed E-state index contributed by atoms with van der Waals surface area (Å²) >= 11 is 0. The van der Waals surface area contributed by atoms with Gasteiger partial charge in [-0.1, -0.05) is 64.8 Å². The lowest BCUT2D eigenvalue weighted by Gasteiger charge is -2.42. The molecule has 0 aliphatic heterocycles. The molecule has 1 nitrogen and oxygen atoms in total. The zero-order chi connectivity index (χ0) is 15.3. The SMILES string of the molecule is CCCC(C)CC1(CNC(C)C)CCCc2ccccc21. The molecule has 0 bridgehead atoms. The average molecular weight is 287 g/mol. The van der Waals surface area contributed by atoms with E-state index in [-0.39, 0.29) is 0 Å². The van der Waals surface area contributed by atoms with E-state index >= 15 is 0 Å². The minimum Gasteiger partial charge on any atom is -0.314 e. The predicted octanol–water partition coefficient (Wildman–Crippen LogP) is 5.09. The van der Waals surface area contributed by atoms with Crippen LogP contribution in [0.15, 0.2) is 24.3 Å². The summed E-state index contributed by atoms with van der Waals surface area (Å²) in [6.45, 7) is 10.4. The molecule has 2 atom stereocenters. The summed E-state index contributed by atoms with van der Waals surface area (Å²) < 4.78 is 0. The van der Waals surface area contributed by atoms with Crippen LogP contribution in [0, 0.1) is 5.92 Å². The summed E-state index contributed by atoms with van der Waals surface area (Å²) in [7, 11) is 0. The van der Waals surface area contributed by atoms with E-state index in [1.807, 2.05) is 0 Å². The Kier molecular flexibility index (Phi) is 5.87. The van der Waals surface area contributed by atoms with Gasteiger partial charge >= 0.3 is 0 Å². The third-order valence-corrected chi connectivity index (χ3v) is 5.06. The zero-order valence-corrected chi connectivity index (χ0v) is 14.4. The first kappa shape index (κ1) is 16.5. The molecule has 0 heterocycles. The Bertz CT molecular complexity index is 437. The molecule has 0 saturated heterocycles. The smallest absolute Gasteiger partial charge is 0.00832 e. The molecule has 0 amide bonds. The monoisotopic (exact) mass is 287 g/mol.